The zero-order chi connectivity index (χ0) is 12.5. The Morgan fingerprint density at radius 3 is 1.69 bits per heavy atom. The number of carbonyl (C=O) groups is 3. The van der Waals surface area contributed by atoms with Crippen LogP contribution in [0.4, 0.5) is 0 Å². The smallest absolute Gasteiger partial charge is 0.248 e. The summed E-state index contributed by atoms with van der Waals surface area (Å²) in [5.41, 5.74) is 4.92. The molecule has 0 aromatic heterocycles. The van der Waals surface area contributed by atoms with Gasteiger partial charge >= 0.3 is 0 Å². The van der Waals surface area contributed by atoms with Crippen molar-refractivity contribution in [2.45, 2.75) is 13.8 Å². The van der Waals surface area contributed by atoms with Gasteiger partial charge in [0.1, 0.15) is 5.75 Å². The lowest BCUT2D eigenvalue weighted by Gasteiger charge is -2.07. The van der Waals surface area contributed by atoms with Gasteiger partial charge in [0, 0.05) is 5.56 Å². The van der Waals surface area contributed by atoms with Crippen molar-refractivity contribution in [2.75, 3.05) is 0 Å². The van der Waals surface area contributed by atoms with E-state index in [1.807, 2.05) is 0 Å². The summed E-state index contributed by atoms with van der Waals surface area (Å²) < 4.78 is 0. The summed E-state index contributed by atoms with van der Waals surface area (Å²) in [5, 5.41) is 9.64. The van der Waals surface area contributed by atoms with E-state index in [0.29, 0.717) is 0 Å². The largest absolute Gasteiger partial charge is 0.506 e. The molecule has 0 spiro atoms. The van der Waals surface area contributed by atoms with Gasteiger partial charge < -0.3 is 10.8 Å². The van der Waals surface area contributed by atoms with E-state index in [1.165, 1.54) is 26.0 Å². The number of hydrogen-bond acceptors (Lipinski definition) is 4. The molecule has 0 fully saturated rings. The van der Waals surface area contributed by atoms with Gasteiger partial charge in [-0.1, -0.05) is 0 Å². The Kier molecular flexibility index (Phi) is 3.08. The average Bonchev–Trinajstić information content (AvgIpc) is 2.16. The normalized spacial score (nSPS) is 9.88. The quantitative estimate of drug-likeness (QED) is 0.741. The topological polar surface area (TPSA) is 97.5 Å². The number of carbonyl (C=O) groups excluding carboxylic acids is 3. The molecule has 5 heteroatoms. The first kappa shape index (κ1) is 11.9. The van der Waals surface area contributed by atoms with Crippen LogP contribution >= 0.6 is 0 Å². The molecule has 3 N–H and O–H groups in total. The Labute approximate surface area is 91.9 Å². The van der Waals surface area contributed by atoms with Crippen molar-refractivity contribution in [2.24, 2.45) is 5.73 Å². The monoisotopic (exact) mass is 221 g/mol. The van der Waals surface area contributed by atoms with Gasteiger partial charge in [-0.05, 0) is 26.0 Å². The SMILES string of the molecule is CC(=O)c1cc(C(N)=O)cc(C(C)=O)c1O. The van der Waals surface area contributed by atoms with Crippen LogP contribution in [-0.2, 0) is 0 Å². The van der Waals surface area contributed by atoms with E-state index in [1.54, 1.807) is 0 Å². The molecule has 0 aliphatic rings. The van der Waals surface area contributed by atoms with Crippen LogP contribution in [0.1, 0.15) is 44.9 Å². The van der Waals surface area contributed by atoms with Crippen molar-refractivity contribution in [3.8, 4) is 5.75 Å². The Morgan fingerprint density at radius 2 is 1.44 bits per heavy atom. The van der Waals surface area contributed by atoms with E-state index in [-0.39, 0.29) is 16.7 Å². The predicted octanol–water partition coefficient (Wildman–Crippen LogP) is 0.896. The molecule has 0 saturated carbocycles. The average molecular weight is 221 g/mol. The number of benzene rings is 1. The van der Waals surface area contributed by atoms with E-state index in [2.05, 4.69) is 0 Å². The third-order valence-electron chi connectivity index (χ3n) is 2.15. The zero-order valence-corrected chi connectivity index (χ0v) is 8.90. The molecule has 1 rings (SSSR count). The highest BCUT2D eigenvalue weighted by atomic mass is 16.3. The van der Waals surface area contributed by atoms with Crippen LogP contribution in [0, 0.1) is 0 Å². The van der Waals surface area contributed by atoms with E-state index in [0.717, 1.165) is 0 Å². The molecule has 1 aromatic carbocycles. The van der Waals surface area contributed by atoms with Gasteiger partial charge in [0.25, 0.3) is 0 Å². The number of phenolic OH excluding ortho intramolecular Hbond substituents is 1. The van der Waals surface area contributed by atoms with Gasteiger partial charge in [0.2, 0.25) is 5.91 Å². The molecule has 0 heterocycles. The second kappa shape index (κ2) is 4.14. The molecule has 0 saturated heterocycles. The lowest BCUT2D eigenvalue weighted by Crippen LogP contribution is -2.13. The Hall–Kier alpha value is -2.17. The Morgan fingerprint density at radius 1 is 1.06 bits per heavy atom. The molecule has 16 heavy (non-hydrogen) atoms. The van der Waals surface area contributed by atoms with Crippen LogP contribution in [0.25, 0.3) is 0 Å². The summed E-state index contributed by atoms with van der Waals surface area (Å²) in [5.74, 6) is -2.05. The minimum atomic E-state index is -0.759. The number of phenols is 1. The number of Topliss-reactive ketones (excluding diaryl/α,β-unsaturated/α-hetero) is 2. The van der Waals surface area contributed by atoms with E-state index in [9.17, 15) is 19.5 Å². The second-order valence-corrected chi connectivity index (χ2v) is 3.40. The highest BCUT2D eigenvalue weighted by molar-refractivity contribution is 6.07. The van der Waals surface area contributed by atoms with Crippen LogP contribution in [0.5, 0.6) is 5.75 Å². The molecule has 0 unspecified atom stereocenters. The van der Waals surface area contributed by atoms with Gasteiger partial charge in [0.05, 0.1) is 11.1 Å². The highest BCUT2D eigenvalue weighted by Crippen LogP contribution is 2.25. The Bertz CT molecular complexity index is 456. The first-order valence-electron chi connectivity index (χ1n) is 4.53. The van der Waals surface area contributed by atoms with E-state index >= 15 is 0 Å². The number of rotatable bonds is 3. The molecule has 0 aliphatic heterocycles. The molecule has 0 aliphatic carbocycles. The summed E-state index contributed by atoms with van der Waals surface area (Å²) in [6.07, 6.45) is 0. The standard InChI is InChI=1S/C11H11NO4/c1-5(13)8-3-7(11(12)16)4-9(6(2)14)10(8)15/h3-4,15H,1-2H3,(H2,12,16). The predicted molar refractivity (Wildman–Crippen MR) is 56.6 cm³/mol. The molecule has 0 radical (unpaired) electrons. The Balaban J connectivity index is 3.57. The maximum Gasteiger partial charge on any atom is 0.248 e. The lowest BCUT2D eigenvalue weighted by atomic mass is 9.99. The van der Waals surface area contributed by atoms with Crippen molar-refractivity contribution < 1.29 is 19.5 Å². The van der Waals surface area contributed by atoms with Gasteiger partial charge in [-0.15, -0.1) is 0 Å². The lowest BCUT2D eigenvalue weighted by molar-refractivity contribution is 0.1000. The fourth-order valence-electron chi connectivity index (χ4n) is 1.31. The third kappa shape index (κ3) is 2.08. The molecule has 0 bridgehead atoms. The first-order valence-corrected chi connectivity index (χ1v) is 4.53. The van der Waals surface area contributed by atoms with Crippen LogP contribution in [-0.4, -0.2) is 22.6 Å². The van der Waals surface area contributed by atoms with Crippen molar-refractivity contribution in [3.63, 3.8) is 0 Å². The van der Waals surface area contributed by atoms with Gasteiger partial charge in [-0.3, -0.25) is 14.4 Å². The maximum atomic E-state index is 11.2. The number of hydrogen-bond donors (Lipinski definition) is 2. The minimum Gasteiger partial charge on any atom is -0.506 e. The summed E-state index contributed by atoms with van der Waals surface area (Å²) in [6.45, 7) is 2.45. The fourth-order valence-corrected chi connectivity index (χ4v) is 1.31. The molecular weight excluding hydrogens is 210 g/mol. The number of aromatic hydroxyl groups is 1. The molecule has 84 valence electrons. The first-order chi connectivity index (χ1) is 7.34. The minimum absolute atomic E-state index is 0.0215. The van der Waals surface area contributed by atoms with Crippen molar-refractivity contribution in [1.82, 2.24) is 0 Å². The van der Waals surface area contributed by atoms with Gasteiger partial charge in [-0.25, -0.2) is 0 Å². The van der Waals surface area contributed by atoms with Crippen molar-refractivity contribution >= 4 is 17.5 Å². The number of nitrogens with two attached hydrogens (primary N) is 1. The summed E-state index contributed by atoms with van der Waals surface area (Å²) in [4.78, 5) is 33.4. The summed E-state index contributed by atoms with van der Waals surface area (Å²) >= 11 is 0. The highest BCUT2D eigenvalue weighted by Gasteiger charge is 2.17. The molecular formula is C11H11NO4. The molecule has 1 aromatic rings. The number of amides is 1. The third-order valence-corrected chi connectivity index (χ3v) is 2.15. The van der Waals surface area contributed by atoms with Crippen LogP contribution in [0.3, 0.4) is 0 Å². The fraction of sp³-hybridized carbons (Fsp3) is 0.182. The van der Waals surface area contributed by atoms with Crippen LogP contribution in [0.2, 0.25) is 0 Å². The zero-order valence-electron chi connectivity index (χ0n) is 8.90. The van der Waals surface area contributed by atoms with Gasteiger partial charge in [0.15, 0.2) is 11.6 Å². The molecule has 0 atom stereocenters. The summed E-state index contributed by atoms with van der Waals surface area (Å²) in [6, 6.07) is 2.35. The number of ketones is 2. The maximum absolute atomic E-state index is 11.2. The molecule has 1 amide bonds. The van der Waals surface area contributed by atoms with Gasteiger partial charge in [-0.2, -0.15) is 0 Å². The van der Waals surface area contributed by atoms with Crippen LogP contribution in [0.15, 0.2) is 12.1 Å². The van der Waals surface area contributed by atoms with E-state index < -0.39 is 23.2 Å². The van der Waals surface area contributed by atoms with Crippen molar-refractivity contribution in [3.05, 3.63) is 28.8 Å². The summed E-state index contributed by atoms with van der Waals surface area (Å²) in [7, 11) is 0. The van der Waals surface area contributed by atoms with Crippen molar-refractivity contribution in [1.29, 1.82) is 0 Å². The number of primary amides is 1. The second-order valence-electron chi connectivity index (χ2n) is 3.40. The van der Waals surface area contributed by atoms with Crippen LogP contribution < -0.4 is 5.73 Å². The van der Waals surface area contributed by atoms with E-state index in [4.69, 9.17) is 5.73 Å². The molecule has 5 nitrogen and oxygen atoms in total.